The van der Waals surface area contributed by atoms with Crippen molar-refractivity contribution >= 4 is 19.1 Å². The molecule has 0 saturated carbocycles. The normalized spacial score (nSPS) is 31.6. The van der Waals surface area contributed by atoms with Crippen molar-refractivity contribution in [1.82, 2.24) is 10.2 Å². The number of carbonyl (C=O) groups is 1. The minimum absolute atomic E-state index is 0.107. The van der Waals surface area contributed by atoms with Crippen LogP contribution in [0.15, 0.2) is 24.2 Å². The van der Waals surface area contributed by atoms with E-state index in [9.17, 15) is 15.0 Å². The fourth-order valence-electron chi connectivity index (χ4n) is 2.54. The Morgan fingerprint density at radius 3 is 2.70 bits per heavy atom. The molecule has 0 aromatic carbocycles. The van der Waals surface area contributed by atoms with Gasteiger partial charge in [0.1, 0.15) is 23.6 Å². The van der Waals surface area contributed by atoms with Crippen molar-refractivity contribution in [2.24, 2.45) is 0 Å². The first-order valence-electron chi connectivity index (χ1n) is 7.30. The smallest absolute Gasteiger partial charge is 0.266 e. The summed E-state index contributed by atoms with van der Waals surface area (Å²) in [6.45, 7) is 6.69. The molecule has 0 aromatic rings. The quantitative estimate of drug-likeness (QED) is 0.495. The number of aliphatic hydroxyl groups is 2. The van der Waals surface area contributed by atoms with Crippen molar-refractivity contribution in [3.8, 4) is 12.3 Å². The lowest BCUT2D eigenvalue weighted by atomic mass is 10.1. The zero-order chi connectivity index (χ0) is 17.4. The molecule has 1 fully saturated rings. The van der Waals surface area contributed by atoms with Gasteiger partial charge in [-0.25, -0.2) is 0 Å². The van der Waals surface area contributed by atoms with Gasteiger partial charge in [-0.2, -0.15) is 0 Å². The Kier molecular flexibility index (Phi) is 5.07. The third-order valence-corrected chi connectivity index (χ3v) is 5.34. The summed E-state index contributed by atoms with van der Waals surface area (Å²) in [6, 6.07) is 0. The van der Waals surface area contributed by atoms with Gasteiger partial charge in [0.25, 0.3) is 5.91 Å². The molecule has 1 saturated heterocycles. The summed E-state index contributed by atoms with van der Waals surface area (Å²) >= 11 is 0. The van der Waals surface area contributed by atoms with Crippen LogP contribution in [0.2, 0.25) is 0 Å². The first-order valence-corrected chi connectivity index (χ1v) is 10.4. The van der Waals surface area contributed by atoms with Crippen LogP contribution in [-0.4, -0.2) is 71.4 Å². The molecular formula is C16H23N2O4P. The van der Waals surface area contributed by atoms with Crippen LogP contribution in [0.4, 0.5) is 0 Å². The van der Waals surface area contributed by atoms with Crippen molar-refractivity contribution in [2.45, 2.75) is 31.0 Å². The Balaban J connectivity index is 2.16. The number of hydrogen-bond acceptors (Lipinski definition) is 5. The second-order valence-electron chi connectivity index (χ2n) is 6.49. The summed E-state index contributed by atoms with van der Waals surface area (Å²) < 4.78 is 5.81. The van der Waals surface area contributed by atoms with E-state index in [1.165, 1.54) is 11.1 Å². The number of hydrogen-bond donors (Lipinski definition) is 3. The summed E-state index contributed by atoms with van der Waals surface area (Å²) in [5.74, 6) is 2.09. The van der Waals surface area contributed by atoms with E-state index in [4.69, 9.17) is 11.2 Å². The van der Waals surface area contributed by atoms with Crippen molar-refractivity contribution in [2.75, 3.05) is 19.5 Å². The summed E-state index contributed by atoms with van der Waals surface area (Å²) in [5, 5.41) is 23.0. The van der Waals surface area contributed by atoms with Crippen LogP contribution in [0.25, 0.3) is 0 Å². The highest BCUT2D eigenvalue weighted by Gasteiger charge is 2.46. The van der Waals surface area contributed by atoms with Crippen LogP contribution >= 0.6 is 6.89 Å². The van der Waals surface area contributed by atoms with Crippen LogP contribution < -0.4 is 5.32 Å². The first-order chi connectivity index (χ1) is 10.6. The Morgan fingerprint density at radius 2 is 2.13 bits per heavy atom. The molecular weight excluding hydrogens is 315 g/mol. The van der Waals surface area contributed by atoms with E-state index in [-0.39, 0.29) is 11.4 Å². The lowest BCUT2D eigenvalue weighted by Gasteiger charge is -2.33. The predicted molar refractivity (Wildman–Crippen MR) is 92.1 cm³/mol. The van der Waals surface area contributed by atoms with E-state index in [0.717, 1.165) is 6.16 Å². The van der Waals surface area contributed by atoms with E-state index in [2.05, 4.69) is 37.4 Å². The number of aliphatic hydroxyl groups excluding tert-OH is 2. The topological polar surface area (TPSA) is 82.0 Å². The second-order valence-corrected chi connectivity index (χ2v) is 10.8. The molecule has 23 heavy (non-hydrogen) atoms. The molecule has 0 aromatic heterocycles. The van der Waals surface area contributed by atoms with E-state index in [0.29, 0.717) is 6.42 Å². The molecule has 126 valence electrons. The van der Waals surface area contributed by atoms with Gasteiger partial charge < -0.3 is 25.2 Å². The Labute approximate surface area is 136 Å². The molecule has 2 rings (SSSR count). The predicted octanol–water partition coefficient (Wildman–Crippen LogP) is -0.0475. The molecule has 0 bridgehead atoms. The third-order valence-electron chi connectivity index (χ3n) is 3.87. The maximum atomic E-state index is 11.7. The van der Waals surface area contributed by atoms with E-state index in [1.54, 1.807) is 0 Å². The lowest BCUT2D eigenvalue weighted by Crippen LogP contribution is -2.47. The number of nitrogens with one attached hydrogen (secondary N) is 1. The van der Waals surface area contributed by atoms with E-state index in [1.807, 2.05) is 0 Å². The number of amides is 1. The fraction of sp³-hybridized carbons (Fsp3) is 0.500. The van der Waals surface area contributed by atoms with Crippen molar-refractivity contribution in [3.63, 3.8) is 0 Å². The van der Waals surface area contributed by atoms with Crippen LogP contribution in [0.5, 0.6) is 0 Å². The molecule has 2 heterocycles. The highest BCUT2D eigenvalue weighted by atomic mass is 31.2. The van der Waals surface area contributed by atoms with Gasteiger partial charge in [0.15, 0.2) is 6.23 Å². The summed E-state index contributed by atoms with van der Waals surface area (Å²) in [7, 11) is 0. The largest absolute Gasteiger partial charge is 0.388 e. The summed E-state index contributed by atoms with van der Waals surface area (Å²) in [4.78, 5) is 13.1. The van der Waals surface area contributed by atoms with Crippen molar-refractivity contribution < 1.29 is 19.7 Å². The van der Waals surface area contributed by atoms with Gasteiger partial charge in [-0.1, -0.05) is 12.5 Å². The third kappa shape index (κ3) is 3.88. The number of rotatable bonds is 4. The van der Waals surface area contributed by atoms with Crippen molar-refractivity contribution in [3.05, 3.63) is 24.2 Å². The first kappa shape index (κ1) is 17.8. The zero-order valence-corrected chi connectivity index (χ0v) is 14.3. The maximum Gasteiger partial charge on any atom is 0.266 e. The molecule has 2 aliphatic rings. The van der Waals surface area contributed by atoms with Crippen LogP contribution in [0.1, 0.15) is 6.42 Å². The highest BCUT2D eigenvalue weighted by Crippen LogP contribution is 2.38. The Morgan fingerprint density at radius 1 is 1.48 bits per heavy atom. The highest BCUT2D eigenvalue weighted by molar-refractivity contribution is 7.72. The van der Waals surface area contributed by atoms with Gasteiger partial charge in [0.2, 0.25) is 0 Å². The molecule has 2 aliphatic heterocycles. The second kappa shape index (κ2) is 6.54. The molecule has 4 atom stereocenters. The van der Waals surface area contributed by atoms with Crippen LogP contribution in [-0.2, 0) is 9.53 Å². The van der Waals surface area contributed by atoms with Gasteiger partial charge in [-0.3, -0.25) is 4.79 Å². The van der Waals surface area contributed by atoms with Gasteiger partial charge in [0.05, 0.1) is 6.10 Å². The van der Waals surface area contributed by atoms with Crippen LogP contribution in [0, 0.1) is 12.3 Å². The zero-order valence-electron chi connectivity index (χ0n) is 13.4. The number of terminal acetylenes is 1. The number of ether oxygens (including phenoxy) is 1. The minimum Gasteiger partial charge on any atom is -0.388 e. The van der Waals surface area contributed by atoms with Gasteiger partial charge in [-0.15, -0.1) is 19.6 Å². The van der Waals surface area contributed by atoms with Gasteiger partial charge in [-0.05, 0) is 25.9 Å². The van der Waals surface area contributed by atoms with Gasteiger partial charge in [0, 0.05) is 6.20 Å². The molecule has 0 radical (unpaired) electrons. The van der Waals surface area contributed by atoms with E-state index >= 15 is 0 Å². The molecule has 0 unspecified atom stereocenters. The molecule has 1 amide bonds. The van der Waals surface area contributed by atoms with Crippen molar-refractivity contribution in [1.29, 1.82) is 0 Å². The maximum absolute atomic E-state index is 11.7. The standard InChI is InChI=1S/C16H23N2O4P/c1-6-11-9-18(10(2)17-15(11)21)16-14(20)13(19)12(22-16)7-8-23(3,4)5/h1,9,12-14,16,19-20H,2-3,7-8H2,4-5H3,(H,17,21)/t12-,13-,14-,16-/m1/s1. The summed E-state index contributed by atoms with van der Waals surface area (Å²) in [5.41, 5.74) is 0.107. The minimum atomic E-state index is -1.25. The number of nitrogens with zero attached hydrogens (tertiary/aromatic N) is 1. The average Bonchev–Trinajstić information content (AvgIpc) is 2.73. The Bertz CT molecular complexity index is 630. The van der Waals surface area contributed by atoms with E-state index < -0.39 is 37.3 Å². The monoisotopic (exact) mass is 338 g/mol. The molecule has 0 spiro atoms. The molecule has 7 heteroatoms. The fourth-order valence-corrected chi connectivity index (χ4v) is 3.50. The average molecular weight is 338 g/mol. The molecule has 6 nitrogen and oxygen atoms in total. The lowest BCUT2D eigenvalue weighted by molar-refractivity contribution is -0.119. The molecule has 0 aliphatic carbocycles. The summed E-state index contributed by atoms with van der Waals surface area (Å²) in [6.07, 6.45) is 8.79. The molecule has 3 N–H and O–H groups in total. The SMILES string of the molecule is C#CC1=CN([C@@H]2O[C@H](CCP(=C)(C)C)[C@@H](O)[C@H]2O)C(=C)NC1=O. The van der Waals surface area contributed by atoms with Gasteiger partial charge >= 0.3 is 0 Å². The van der Waals surface area contributed by atoms with Crippen LogP contribution in [0.3, 0.4) is 0 Å². The number of carbonyl (C=O) groups excluding carboxylic acids is 1. The Hall–Kier alpha value is -1.51.